The smallest absolute Gasteiger partial charge is 0.278 e. The Morgan fingerprint density at radius 2 is 1.68 bits per heavy atom. The van der Waals surface area contributed by atoms with E-state index < -0.39 is 0 Å². The number of allylic oxidation sites excluding steroid dienone is 2. The first-order valence-corrected chi connectivity index (χ1v) is 14.4. The maximum atomic E-state index is 13.5. The molecule has 1 saturated heterocycles. The molecule has 1 fully saturated rings. The van der Waals surface area contributed by atoms with Gasteiger partial charge < -0.3 is 9.80 Å². The number of piperazine rings is 1. The molecule has 10 nitrogen and oxygen atoms in total. The Morgan fingerprint density at radius 1 is 0.902 bits per heavy atom. The Hall–Kier alpha value is -4.31. The number of hydrogen-bond donors (Lipinski definition) is 0. The normalized spacial score (nSPS) is 16.6. The van der Waals surface area contributed by atoms with Crippen LogP contribution in [0.3, 0.4) is 0 Å². The summed E-state index contributed by atoms with van der Waals surface area (Å²) in [5, 5.41) is 0.440. The lowest BCUT2D eigenvalue weighted by atomic mass is 10.1. The Balaban J connectivity index is 1.37. The zero-order chi connectivity index (χ0) is 28.3. The maximum Gasteiger partial charge on any atom is 0.278 e. The summed E-state index contributed by atoms with van der Waals surface area (Å²) in [4.78, 5) is 46.8. The van der Waals surface area contributed by atoms with Crippen LogP contribution in [-0.2, 0) is 17.8 Å². The Labute approximate surface area is 239 Å². The molecule has 5 heterocycles. The third-order valence-electron chi connectivity index (χ3n) is 7.93. The quantitative estimate of drug-likeness (QED) is 0.360. The first-order chi connectivity index (χ1) is 20.0. The van der Waals surface area contributed by atoms with E-state index >= 15 is 0 Å². The lowest BCUT2D eigenvalue weighted by Crippen LogP contribution is -2.44. The second-order valence-electron chi connectivity index (χ2n) is 10.8. The molecule has 212 valence electrons. The number of benzene rings is 1. The van der Waals surface area contributed by atoms with E-state index in [0.717, 1.165) is 51.0 Å². The maximum absolute atomic E-state index is 13.5. The highest BCUT2D eigenvalue weighted by Crippen LogP contribution is 2.21. The van der Waals surface area contributed by atoms with Gasteiger partial charge in [-0.1, -0.05) is 30.4 Å². The summed E-state index contributed by atoms with van der Waals surface area (Å²) < 4.78 is 3.41. The summed E-state index contributed by atoms with van der Waals surface area (Å²) in [5.74, 6) is 1.68. The largest absolute Gasteiger partial charge is 0.369 e. The van der Waals surface area contributed by atoms with Crippen molar-refractivity contribution in [2.24, 2.45) is 0 Å². The number of amides is 1. The number of fused-ring (bicyclic) bond motifs is 6. The predicted octanol–water partition coefficient (Wildman–Crippen LogP) is 3.41. The highest BCUT2D eigenvalue weighted by molar-refractivity contribution is 5.90. The van der Waals surface area contributed by atoms with Gasteiger partial charge in [0.1, 0.15) is 17.0 Å². The van der Waals surface area contributed by atoms with Crippen molar-refractivity contribution in [1.29, 1.82) is 0 Å². The number of aromatic nitrogens is 5. The molecule has 0 aliphatic carbocycles. The van der Waals surface area contributed by atoms with Crippen LogP contribution in [0.25, 0.3) is 16.9 Å². The Kier molecular flexibility index (Phi) is 7.65. The molecule has 41 heavy (non-hydrogen) atoms. The number of pyridine rings is 1. The number of nitrogens with zero attached hydrogens (tertiary/aromatic N) is 8. The number of likely N-dealkylation sites (N-methyl/N-ethyl adjacent to an activating group) is 1. The molecule has 10 heteroatoms. The van der Waals surface area contributed by atoms with Gasteiger partial charge in [0.05, 0.1) is 6.54 Å². The minimum absolute atomic E-state index is 0.0573. The minimum Gasteiger partial charge on any atom is -0.369 e. The summed E-state index contributed by atoms with van der Waals surface area (Å²) in [5.41, 5.74) is 2.68. The van der Waals surface area contributed by atoms with Gasteiger partial charge in [0.2, 0.25) is 5.91 Å². The molecule has 1 amide bonds. The number of anilines is 2. The molecule has 1 aromatic carbocycles. The van der Waals surface area contributed by atoms with E-state index in [4.69, 9.17) is 9.97 Å². The third-order valence-corrected chi connectivity index (χ3v) is 7.93. The van der Waals surface area contributed by atoms with Crippen molar-refractivity contribution < 1.29 is 4.79 Å². The molecular weight excluding hydrogens is 516 g/mol. The highest BCUT2D eigenvalue weighted by atomic mass is 16.2. The second-order valence-corrected chi connectivity index (χ2v) is 10.8. The van der Waals surface area contributed by atoms with E-state index in [9.17, 15) is 9.59 Å². The minimum atomic E-state index is -0.168. The highest BCUT2D eigenvalue weighted by Gasteiger charge is 2.20. The third kappa shape index (κ3) is 5.65. The van der Waals surface area contributed by atoms with E-state index in [1.807, 2.05) is 24.3 Å². The lowest BCUT2D eigenvalue weighted by molar-refractivity contribution is -0.116. The van der Waals surface area contributed by atoms with Gasteiger partial charge in [-0.25, -0.2) is 24.3 Å². The average molecular weight is 553 g/mol. The fourth-order valence-corrected chi connectivity index (χ4v) is 5.56. The Bertz CT molecular complexity index is 1630. The molecule has 6 rings (SSSR count). The topological polar surface area (TPSA) is 92.4 Å². The first kappa shape index (κ1) is 26.9. The van der Waals surface area contributed by atoms with Crippen LogP contribution in [0.4, 0.5) is 11.5 Å². The average Bonchev–Trinajstić information content (AvgIpc) is 3.25. The molecule has 4 aromatic rings. The summed E-state index contributed by atoms with van der Waals surface area (Å²) >= 11 is 0. The van der Waals surface area contributed by atoms with E-state index in [0.29, 0.717) is 48.0 Å². The van der Waals surface area contributed by atoms with Gasteiger partial charge in [0.15, 0.2) is 11.5 Å². The van der Waals surface area contributed by atoms with Crippen LogP contribution >= 0.6 is 0 Å². The molecule has 0 atom stereocenters. The van der Waals surface area contributed by atoms with E-state index in [-0.39, 0.29) is 11.5 Å². The molecular formula is C31H36N8O2. The zero-order valence-electron chi connectivity index (χ0n) is 23.7. The number of hydrogen-bond acceptors (Lipinski definition) is 7. The molecule has 0 unspecified atom stereocenters. The van der Waals surface area contributed by atoms with Crippen molar-refractivity contribution in [1.82, 2.24) is 29.2 Å². The van der Waals surface area contributed by atoms with Gasteiger partial charge in [-0.2, -0.15) is 0 Å². The standard InChI is InChI=1S/C31H36N8O2/c1-23(40)37-15-6-4-3-5-7-16-38-31(41)26-22-32-27(33-30(26)39(38)29-10-8-9-28(37)34-29)21-24-11-13-25(14-12-24)36-19-17-35(2)18-20-36/h5,7-14,22H,3-4,6,15-21H2,1-2H3. The van der Waals surface area contributed by atoms with Crippen LogP contribution in [0.2, 0.25) is 0 Å². The Morgan fingerprint density at radius 3 is 2.46 bits per heavy atom. The molecule has 2 bridgehead atoms. The van der Waals surface area contributed by atoms with Crippen molar-refractivity contribution in [2.45, 2.75) is 39.2 Å². The molecule has 0 saturated carbocycles. The van der Waals surface area contributed by atoms with E-state index in [1.54, 1.807) is 27.4 Å². The molecule has 0 spiro atoms. The van der Waals surface area contributed by atoms with Crippen LogP contribution in [0, 0.1) is 0 Å². The summed E-state index contributed by atoms with van der Waals surface area (Å²) in [7, 11) is 2.16. The second kappa shape index (κ2) is 11.7. The molecule has 3 aromatic heterocycles. The fraction of sp³-hybridized carbons (Fsp3) is 0.387. The lowest BCUT2D eigenvalue weighted by Gasteiger charge is -2.34. The van der Waals surface area contributed by atoms with Crippen molar-refractivity contribution in [3.05, 3.63) is 82.6 Å². The van der Waals surface area contributed by atoms with Gasteiger partial charge in [-0.3, -0.25) is 14.5 Å². The first-order valence-electron chi connectivity index (χ1n) is 14.4. The van der Waals surface area contributed by atoms with Gasteiger partial charge in [0.25, 0.3) is 5.56 Å². The van der Waals surface area contributed by atoms with Crippen molar-refractivity contribution in [2.75, 3.05) is 49.6 Å². The molecule has 2 aliphatic rings. The van der Waals surface area contributed by atoms with Gasteiger partial charge in [-0.15, -0.1) is 0 Å². The number of carbonyl (C=O) groups is 1. The summed E-state index contributed by atoms with van der Waals surface area (Å²) in [6.45, 7) is 6.73. The molecule has 0 radical (unpaired) electrons. The van der Waals surface area contributed by atoms with Crippen molar-refractivity contribution in [3.63, 3.8) is 0 Å². The van der Waals surface area contributed by atoms with E-state index in [1.165, 1.54) is 5.69 Å². The fourth-order valence-electron chi connectivity index (χ4n) is 5.56. The molecule has 2 aliphatic heterocycles. The van der Waals surface area contributed by atoms with Crippen LogP contribution in [-0.4, -0.2) is 74.9 Å². The van der Waals surface area contributed by atoms with Crippen LogP contribution < -0.4 is 15.4 Å². The van der Waals surface area contributed by atoms with Crippen molar-refractivity contribution in [3.8, 4) is 5.82 Å². The van der Waals surface area contributed by atoms with Crippen molar-refractivity contribution >= 4 is 28.4 Å². The molecule has 0 N–H and O–H groups in total. The van der Waals surface area contributed by atoms with Crippen LogP contribution in [0.1, 0.15) is 37.6 Å². The summed E-state index contributed by atoms with van der Waals surface area (Å²) in [6.07, 6.45) is 8.98. The SMILES string of the molecule is CC(=O)N1CCCCC=CCn2c(=O)c3cnc(Cc4ccc(N5CCN(C)CC5)cc4)nc3n2-c2cccc1n2. The van der Waals surface area contributed by atoms with E-state index in [2.05, 4.69) is 52.2 Å². The number of rotatable bonds is 3. The van der Waals surface area contributed by atoms with Gasteiger partial charge in [0, 0.05) is 58.0 Å². The predicted molar refractivity (Wildman–Crippen MR) is 161 cm³/mol. The van der Waals surface area contributed by atoms with Crippen LogP contribution in [0.15, 0.2) is 65.6 Å². The van der Waals surface area contributed by atoms with Gasteiger partial charge >= 0.3 is 0 Å². The number of carbonyl (C=O) groups excluding carboxylic acids is 1. The summed E-state index contributed by atoms with van der Waals surface area (Å²) in [6, 6.07) is 14.2. The zero-order valence-corrected chi connectivity index (χ0v) is 23.7. The van der Waals surface area contributed by atoms with Gasteiger partial charge in [-0.05, 0) is 56.1 Å². The van der Waals surface area contributed by atoms with Crippen LogP contribution in [0.5, 0.6) is 0 Å². The monoisotopic (exact) mass is 552 g/mol.